The van der Waals surface area contributed by atoms with Crippen LogP contribution in [-0.4, -0.2) is 10.4 Å². The van der Waals surface area contributed by atoms with Crippen LogP contribution < -0.4 is 5.56 Å². The smallest absolute Gasteiger partial charge is 0.167 e. The van der Waals surface area contributed by atoms with E-state index < -0.39 is 0 Å². The predicted octanol–water partition coefficient (Wildman–Crippen LogP) is 3.72. The third kappa shape index (κ3) is 5.72. The molecule has 119 valence electrons. The SMILES string of the molecule is CC.Cc1[c-]n(C)c(=O)c(C(=O)/C=C/c2ccccc2)c1C.[La]. The molecule has 0 unspecified atom stereocenters. The van der Waals surface area contributed by atoms with E-state index in [1.54, 1.807) is 20.0 Å². The summed E-state index contributed by atoms with van der Waals surface area (Å²) < 4.78 is 1.33. The fourth-order valence-electron chi connectivity index (χ4n) is 2.01. The van der Waals surface area contributed by atoms with Crippen LogP contribution in [0.3, 0.4) is 0 Å². The molecule has 1 radical (unpaired) electrons. The summed E-state index contributed by atoms with van der Waals surface area (Å²) in [5.41, 5.74) is 2.33. The number of benzene rings is 1. The van der Waals surface area contributed by atoms with Crippen LogP contribution >= 0.6 is 0 Å². The zero-order valence-corrected chi connectivity index (χ0v) is 18.0. The summed E-state index contributed by atoms with van der Waals surface area (Å²) in [7, 11) is 1.60. The Labute approximate surface area is 166 Å². The maximum Gasteiger partial charge on any atom is 0.167 e. The maximum atomic E-state index is 12.3. The van der Waals surface area contributed by atoms with Gasteiger partial charge < -0.3 is 9.36 Å². The van der Waals surface area contributed by atoms with Gasteiger partial charge in [0.05, 0.1) is 0 Å². The summed E-state index contributed by atoms with van der Waals surface area (Å²) in [5.74, 6) is -0.274. The van der Waals surface area contributed by atoms with Crippen molar-refractivity contribution in [1.29, 1.82) is 0 Å². The maximum absolute atomic E-state index is 12.3. The number of allylic oxidation sites excluding steroid dienone is 1. The topological polar surface area (TPSA) is 39.1 Å². The van der Waals surface area contributed by atoms with Gasteiger partial charge in [0.25, 0.3) is 0 Å². The molecule has 0 aliphatic carbocycles. The Bertz CT molecular complexity index is 731. The summed E-state index contributed by atoms with van der Waals surface area (Å²) in [6.45, 7) is 7.61. The molecular weight excluding hydrogens is 413 g/mol. The molecule has 0 fully saturated rings. The minimum atomic E-state index is -0.309. The minimum Gasteiger partial charge on any atom is -0.426 e. The average molecular weight is 435 g/mol. The van der Waals surface area contributed by atoms with Gasteiger partial charge in [-0.25, -0.2) is 0 Å². The van der Waals surface area contributed by atoms with E-state index in [-0.39, 0.29) is 52.5 Å². The first-order valence-corrected chi connectivity index (χ1v) is 7.37. The quantitative estimate of drug-likeness (QED) is 0.419. The summed E-state index contributed by atoms with van der Waals surface area (Å²) >= 11 is 0. The normalized spacial score (nSPS) is 9.78. The molecule has 4 heteroatoms. The number of hydrogen-bond acceptors (Lipinski definition) is 2. The van der Waals surface area contributed by atoms with Crippen LogP contribution in [0.5, 0.6) is 0 Å². The Morgan fingerprint density at radius 2 is 1.70 bits per heavy atom. The Hall–Kier alpha value is -1.23. The second-order valence-electron chi connectivity index (χ2n) is 4.71. The molecule has 0 aliphatic rings. The second kappa shape index (κ2) is 10.5. The number of rotatable bonds is 3. The molecule has 2 rings (SSSR count). The van der Waals surface area contributed by atoms with E-state index in [1.807, 2.05) is 51.1 Å². The molecule has 0 spiro atoms. The van der Waals surface area contributed by atoms with Crippen molar-refractivity contribution >= 4 is 11.9 Å². The minimum absolute atomic E-state index is 0. The first kappa shape index (κ1) is 21.8. The van der Waals surface area contributed by atoms with Gasteiger partial charge in [-0.2, -0.15) is 0 Å². The fraction of sp³-hybridized carbons (Fsp3) is 0.263. The van der Waals surface area contributed by atoms with E-state index in [0.717, 1.165) is 11.1 Å². The molecule has 0 saturated heterocycles. The molecular formula is C19H22LaNO2-. The van der Waals surface area contributed by atoms with Gasteiger partial charge in [0, 0.05) is 35.6 Å². The molecule has 0 N–H and O–H groups in total. The van der Waals surface area contributed by atoms with Gasteiger partial charge in [0.2, 0.25) is 0 Å². The van der Waals surface area contributed by atoms with Gasteiger partial charge in [-0.1, -0.05) is 70.3 Å². The van der Waals surface area contributed by atoms with Gasteiger partial charge in [0.1, 0.15) is 5.56 Å². The summed E-state index contributed by atoms with van der Waals surface area (Å²) in [5, 5.41) is 0. The zero-order chi connectivity index (χ0) is 16.7. The van der Waals surface area contributed by atoms with E-state index in [0.29, 0.717) is 5.56 Å². The predicted molar refractivity (Wildman–Crippen MR) is 91.1 cm³/mol. The number of ketones is 1. The van der Waals surface area contributed by atoms with Gasteiger partial charge in [-0.3, -0.25) is 4.79 Å². The molecule has 0 atom stereocenters. The monoisotopic (exact) mass is 435 g/mol. The Kier molecular flexibility index (Phi) is 9.97. The first-order chi connectivity index (χ1) is 10.5. The van der Waals surface area contributed by atoms with E-state index in [9.17, 15) is 9.59 Å². The van der Waals surface area contributed by atoms with Gasteiger partial charge >= 0.3 is 0 Å². The van der Waals surface area contributed by atoms with Crippen LogP contribution in [0.25, 0.3) is 6.08 Å². The summed E-state index contributed by atoms with van der Waals surface area (Å²) in [6, 6.07) is 9.51. The van der Waals surface area contributed by atoms with Crippen molar-refractivity contribution in [3.63, 3.8) is 0 Å². The van der Waals surface area contributed by atoms with Crippen molar-refractivity contribution in [3.8, 4) is 0 Å². The van der Waals surface area contributed by atoms with E-state index in [2.05, 4.69) is 6.20 Å². The molecule has 0 bridgehead atoms. The third-order valence-corrected chi connectivity index (χ3v) is 3.26. The second-order valence-corrected chi connectivity index (χ2v) is 4.71. The number of aromatic nitrogens is 1. The third-order valence-electron chi connectivity index (χ3n) is 3.26. The van der Waals surface area contributed by atoms with Crippen molar-refractivity contribution < 1.29 is 40.4 Å². The van der Waals surface area contributed by atoms with Crippen LogP contribution in [0.2, 0.25) is 0 Å². The number of carbonyl (C=O) groups is 1. The molecule has 1 heterocycles. The van der Waals surface area contributed by atoms with Gasteiger partial charge in [0.15, 0.2) is 5.78 Å². The summed E-state index contributed by atoms with van der Waals surface area (Å²) in [6.07, 6.45) is 6.06. The van der Waals surface area contributed by atoms with Crippen molar-refractivity contribution in [2.75, 3.05) is 0 Å². The standard InChI is InChI=1S/C17H16NO2.C2H6.La/c1-12-11-18(3)17(20)16(13(12)2)15(19)10-9-14-7-5-4-6-8-14;1-2;/h4-10H,1-3H3;1-2H3;/q-1;;/b10-9+;;. The Morgan fingerprint density at radius 3 is 2.26 bits per heavy atom. The summed E-state index contributed by atoms with van der Waals surface area (Å²) in [4.78, 5) is 24.3. The van der Waals surface area contributed by atoms with E-state index in [4.69, 9.17) is 0 Å². The van der Waals surface area contributed by atoms with Crippen molar-refractivity contribution in [3.05, 3.63) is 75.2 Å². The number of pyridine rings is 1. The molecule has 23 heavy (non-hydrogen) atoms. The number of aryl methyl sites for hydroxylation is 2. The first-order valence-electron chi connectivity index (χ1n) is 7.37. The molecule has 3 nitrogen and oxygen atoms in total. The Morgan fingerprint density at radius 1 is 1.13 bits per heavy atom. The van der Waals surface area contributed by atoms with Crippen molar-refractivity contribution in [2.24, 2.45) is 7.05 Å². The molecule has 0 amide bonds. The molecule has 2 aromatic rings. The fourth-order valence-corrected chi connectivity index (χ4v) is 2.01. The van der Waals surface area contributed by atoms with Crippen LogP contribution in [0.4, 0.5) is 0 Å². The van der Waals surface area contributed by atoms with Gasteiger partial charge in [-0.15, -0.1) is 11.1 Å². The van der Waals surface area contributed by atoms with Crippen LogP contribution in [-0.2, 0) is 7.05 Å². The van der Waals surface area contributed by atoms with Crippen LogP contribution in [0, 0.1) is 55.6 Å². The molecule has 0 saturated carbocycles. The molecule has 1 aromatic carbocycles. The number of hydrogen-bond donors (Lipinski definition) is 0. The van der Waals surface area contributed by atoms with Crippen molar-refractivity contribution in [1.82, 2.24) is 4.57 Å². The Balaban J connectivity index is 0.00000155. The van der Waals surface area contributed by atoms with Crippen LogP contribution in [0.15, 0.2) is 41.2 Å². The molecule has 0 aliphatic heterocycles. The molecule has 1 aromatic heterocycles. The van der Waals surface area contributed by atoms with E-state index >= 15 is 0 Å². The number of nitrogens with zero attached hydrogens (tertiary/aromatic N) is 1. The largest absolute Gasteiger partial charge is 0.426 e. The number of carbonyl (C=O) groups excluding carboxylic acids is 1. The van der Waals surface area contributed by atoms with Gasteiger partial charge in [-0.05, 0) is 24.3 Å². The zero-order valence-electron chi connectivity index (χ0n) is 14.4. The average Bonchev–Trinajstić information content (AvgIpc) is 2.54. The van der Waals surface area contributed by atoms with Crippen LogP contribution in [0.1, 0.15) is 40.9 Å². The van der Waals surface area contributed by atoms with Crippen molar-refractivity contribution in [2.45, 2.75) is 27.7 Å². The van der Waals surface area contributed by atoms with E-state index in [1.165, 1.54) is 10.6 Å².